The molecular weight excluding hydrogens is 288 g/mol. The van der Waals surface area contributed by atoms with Crippen molar-refractivity contribution in [2.75, 3.05) is 7.11 Å². The molecule has 124 valence electrons. The van der Waals surface area contributed by atoms with Crippen molar-refractivity contribution in [2.24, 2.45) is 5.41 Å². The van der Waals surface area contributed by atoms with Crippen LogP contribution in [0.5, 0.6) is 0 Å². The summed E-state index contributed by atoms with van der Waals surface area (Å²) < 4.78 is 4.79. The van der Waals surface area contributed by atoms with Crippen molar-refractivity contribution in [2.45, 2.75) is 77.9 Å². The van der Waals surface area contributed by atoms with Gasteiger partial charge < -0.3 is 4.74 Å². The summed E-state index contributed by atoms with van der Waals surface area (Å²) in [7, 11) is 0.240. The summed E-state index contributed by atoms with van der Waals surface area (Å²) in [6.07, 6.45) is 10.7. The third-order valence-corrected chi connectivity index (χ3v) is 5.35. The number of unbranched alkanes of at least 4 members (excludes halogenated alkanes) is 1. The molecule has 0 amide bonds. The molecule has 0 heterocycles. The lowest BCUT2D eigenvalue weighted by molar-refractivity contribution is -0.141. The molecule has 1 atom stereocenters. The van der Waals surface area contributed by atoms with Gasteiger partial charge in [-0.15, -0.1) is 11.5 Å². The van der Waals surface area contributed by atoms with Gasteiger partial charge in [-0.05, 0) is 43.9 Å². The standard InChI is InChI=1S/C19H32O2Si/c1-19(15-13-18(20)21-2)14-9-8-12-17(19)11-7-6-10-16-22(3,4)5/h12H,6-9,11,13-15H2,1-5H3/t19-/m1/s1. The Morgan fingerprint density at radius 2 is 2.14 bits per heavy atom. The first-order valence-corrected chi connectivity index (χ1v) is 12.0. The van der Waals surface area contributed by atoms with Gasteiger partial charge in [0.1, 0.15) is 8.07 Å². The third kappa shape index (κ3) is 6.83. The summed E-state index contributed by atoms with van der Waals surface area (Å²) in [5.41, 5.74) is 5.15. The van der Waals surface area contributed by atoms with Crippen molar-refractivity contribution in [1.29, 1.82) is 0 Å². The zero-order chi connectivity index (χ0) is 16.6. The monoisotopic (exact) mass is 320 g/mol. The van der Waals surface area contributed by atoms with Crippen LogP contribution in [0.4, 0.5) is 0 Å². The summed E-state index contributed by atoms with van der Waals surface area (Å²) in [5.74, 6) is 3.27. The van der Waals surface area contributed by atoms with Crippen LogP contribution in [0.25, 0.3) is 0 Å². The third-order valence-electron chi connectivity index (χ3n) is 4.42. The van der Waals surface area contributed by atoms with Crippen LogP contribution in [-0.4, -0.2) is 21.2 Å². The second-order valence-electron chi connectivity index (χ2n) is 7.66. The van der Waals surface area contributed by atoms with Crippen LogP contribution >= 0.6 is 0 Å². The van der Waals surface area contributed by atoms with E-state index in [1.807, 2.05) is 0 Å². The van der Waals surface area contributed by atoms with Crippen LogP contribution in [0.15, 0.2) is 11.6 Å². The minimum Gasteiger partial charge on any atom is -0.469 e. The second-order valence-corrected chi connectivity index (χ2v) is 12.4. The molecule has 0 spiro atoms. The number of carbonyl (C=O) groups excluding carboxylic acids is 1. The molecule has 0 N–H and O–H groups in total. The highest BCUT2D eigenvalue weighted by Crippen LogP contribution is 2.43. The van der Waals surface area contributed by atoms with Crippen LogP contribution < -0.4 is 0 Å². The fourth-order valence-corrected chi connectivity index (χ4v) is 3.70. The maximum atomic E-state index is 11.4. The second kappa shape index (κ2) is 8.58. The first-order valence-electron chi connectivity index (χ1n) is 8.53. The van der Waals surface area contributed by atoms with E-state index in [-0.39, 0.29) is 11.4 Å². The van der Waals surface area contributed by atoms with Gasteiger partial charge in [0.15, 0.2) is 0 Å². The quantitative estimate of drug-likeness (QED) is 0.223. The maximum Gasteiger partial charge on any atom is 0.305 e. The summed E-state index contributed by atoms with van der Waals surface area (Å²) >= 11 is 0. The van der Waals surface area contributed by atoms with E-state index in [0.29, 0.717) is 6.42 Å². The summed E-state index contributed by atoms with van der Waals surface area (Å²) in [5, 5.41) is 0. The van der Waals surface area contributed by atoms with Crippen molar-refractivity contribution >= 4 is 14.0 Å². The predicted molar refractivity (Wildman–Crippen MR) is 96.3 cm³/mol. The van der Waals surface area contributed by atoms with Crippen molar-refractivity contribution < 1.29 is 9.53 Å². The van der Waals surface area contributed by atoms with Crippen molar-refractivity contribution in [1.82, 2.24) is 0 Å². The predicted octanol–water partition coefficient (Wildman–Crippen LogP) is 5.11. The topological polar surface area (TPSA) is 26.3 Å². The minimum absolute atomic E-state index is 0.0906. The van der Waals surface area contributed by atoms with E-state index in [1.165, 1.54) is 31.9 Å². The minimum atomic E-state index is -1.23. The van der Waals surface area contributed by atoms with Gasteiger partial charge in [0, 0.05) is 12.8 Å². The van der Waals surface area contributed by atoms with Gasteiger partial charge in [0.05, 0.1) is 7.11 Å². The first-order chi connectivity index (χ1) is 10.3. The summed E-state index contributed by atoms with van der Waals surface area (Å²) in [6.45, 7) is 9.17. The smallest absolute Gasteiger partial charge is 0.305 e. The number of methoxy groups -OCH3 is 1. The number of allylic oxidation sites excluding steroid dienone is 2. The molecule has 2 nitrogen and oxygen atoms in total. The van der Waals surface area contributed by atoms with Gasteiger partial charge in [0.2, 0.25) is 0 Å². The van der Waals surface area contributed by atoms with Crippen molar-refractivity contribution in [3.05, 3.63) is 11.6 Å². The molecule has 22 heavy (non-hydrogen) atoms. The molecule has 1 rings (SSSR count). The molecular formula is C19H32O2Si. The van der Waals surface area contributed by atoms with Crippen molar-refractivity contribution in [3.8, 4) is 11.5 Å². The number of carbonyl (C=O) groups is 1. The van der Waals surface area contributed by atoms with Crippen LogP contribution in [0, 0.1) is 16.9 Å². The normalized spacial score (nSPS) is 21.6. The lowest BCUT2D eigenvalue weighted by Crippen LogP contribution is -2.24. The Morgan fingerprint density at radius 3 is 2.77 bits per heavy atom. The Hall–Kier alpha value is -1.01. The Morgan fingerprint density at radius 1 is 1.41 bits per heavy atom. The van der Waals surface area contributed by atoms with Crippen LogP contribution in [0.2, 0.25) is 19.6 Å². The molecule has 0 fully saturated rings. The highest BCUT2D eigenvalue weighted by Gasteiger charge is 2.30. The zero-order valence-corrected chi connectivity index (χ0v) is 16.1. The van der Waals surface area contributed by atoms with Crippen LogP contribution in [-0.2, 0) is 9.53 Å². The van der Waals surface area contributed by atoms with E-state index >= 15 is 0 Å². The molecule has 0 aromatic rings. The van der Waals surface area contributed by atoms with Gasteiger partial charge in [-0.25, -0.2) is 0 Å². The average Bonchev–Trinajstić information content (AvgIpc) is 2.45. The maximum absolute atomic E-state index is 11.4. The van der Waals surface area contributed by atoms with Gasteiger partial charge in [-0.3, -0.25) is 4.79 Å². The number of ether oxygens (including phenoxy) is 1. The van der Waals surface area contributed by atoms with E-state index in [1.54, 1.807) is 0 Å². The molecule has 0 unspecified atom stereocenters. The Bertz CT molecular complexity index is 462. The number of hydrogen-bond acceptors (Lipinski definition) is 2. The number of hydrogen-bond donors (Lipinski definition) is 0. The average molecular weight is 321 g/mol. The summed E-state index contributed by atoms with van der Waals surface area (Å²) in [6, 6.07) is 0. The van der Waals surface area contributed by atoms with E-state index in [9.17, 15) is 4.79 Å². The molecule has 0 saturated heterocycles. The van der Waals surface area contributed by atoms with Crippen LogP contribution in [0.3, 0.4) is 0 Å². The highest BCUT2D eigenvalue weighted by molar-refractivity contribution is 6.83. The fraction of sp³-hybridized carbons (Fsp3) is 0.737. The zero-order valence-electron chi connectivity index (χ0n) is 15.1. The lowest BCUT2D eigenvalue weighted by atomic mass is 9.69. The van der Waals surface area contributed by atoms with E-state index in [2.05, 4.69) is 44.1 Å². The van der Waals surface area contributed by atoms with Gasteiger partial charge >= 0.3 is 5.97 Å². The van der Waals surface area contributed by atoms with Gasteiger partial charge in [-0.2, -0.15) is 0 Å². The largest absolute Gasteiger partial charge is 0.469 e. The van der Waals surface area contributed by atoms with Gasteiger partial charge in [0.25, 0.3) is 0 Å². The molecule has 0 aromatic carbocycles. The SMILES string of the molecule is COC(=O)CC[C@@]1(C)CCCC=C1CCCC#C[Si](C)(C)C. The van der Waals surface area contributed by atoms with E-state index in [0.717, 1.165) is 25.7 Å². The molecule has 1 aliphatic carbocycles. The van der Waals surface area contributed by atoms with Crippen molar-refractivity contribution in [3.63, 3.8) is 0 Å². The highest BCUT2D eigenvalue weighted by atomic mass is 28.3. The number of rotatable bonds is 6. The van der Waals surface area contributed by atoms with Gasteiger partial charge in [-0.1, -0.05) is 38.2 Å². The Labute approximate surface area is 137 Å². The molecule has 3 heteroatoms. The molecule has 0 bridgehead atoms. The molecule has 1 aliphatic rings. The molecule has 0 saturated carbocycles. The first kappa shape index (κ1) is 19.0. The van der Waals surface area contributed by atoms with E-state index < -0.39 is 8.07 Å². The molecule has 0 radical (unpaired) electrons. The lowest BCUT2D eigenvalue weighted by Gasteiger charge is -2.35. The Kier molecular flexibility index (Phi) is 7.42. The number of esters is 1. The Balaban J connectivity index is 2.52. The fourth-order valence-electron chi connectivity index (χ4n) is 3.04. The molecule has 0 aromatic heterocycles. The summed E-state index contributed by atoms with van der Waals surface area (Å²) in [4.78, 5) is 11.4. The van der Waals surface area contributed by atoms with Crippen LogP contribution in [0.1, 0.15) is 58.3 Å². The molecule has 0 aliphatic heterocycles. The van der Waals surface area contributed by atoms with E-state index in [4.69, 9.17) is 4.74 Å².